The van der Waals surface area contributed by atoms with Gasteiger partial charge in [-0.1, -0.05) is 6.07 Å². The van der Waals surface area contributed by atoms with E-state index in [9.17, 15) is 14.4 Å². The molecule has 1 atom stereocenters. The first-order valence-electron chi connectivity index (χ1n) is 5.88. The predicted molar refractivity (Wildman–Crippen MR) is 70.8 cm³/mol. The molecule has 7 heteroatoms. The van der Waals surface area contributed by atoms with E-state index in [4.69, 9.17) is 9.84 Å². The number of carboxylic acids is 1. The number of carbonyl (C=O) groups excluding carboxylic acids is 2. The van der Waals surface area contributed by atoms with Gasteiger partial charge >= 0.3 is 12.0 Å². The molecule has 0 aliphatic rings. The first-order chi connectivity index (χ1) is 9.35. The van der Waals surface area contributed by atoms with Crippen molar-refractivity contribution in [1.29, 1.82) is 0 Å². The highest BCUT2D eigenvalue weighted by molar-refractivity contribution is 5.96. The molecule has 0 aliphatic heterocycles. The van der Waals surface area contributed by atoms with Gasteiger partial charge in [-0.15, -0.1) is 0 Å². The molecule has 1 unspecified atom stereocenters. The molecule has 1 rings (SSSR count). The van der Waals surface area contributed by atoms with Crippen molar-refractivity contribution in [1.82, 2.24) is 10.6 Å². The highest BCUT2D eigenvalue weighted by atomic mass is 16.5. The average Bonchev–Trinajstić information content (AvgIpc) is 2.40. The SMILES string of the molecule is CNC(=O)NC(=O)C(C)Oc1cc(C(=O)O)ccc1C. The van der Waals surface area contributed by atoms with E-state index in [1.807, 2.05) is 0 Å². The van der Waals surface area contributed by atoms with Crippen molar-refractivity contribution in [2.75, 3.05) is 7.05 Å². The van der Waals surface area contributed by atoms with Gasteiger partial charge in [0.1, 0.15) is 5.75 Å². The fourth-order valence-corrected chi connectivity index (χ4v) is 1.38. The minimum absolute atomic E-state index is 0.0597. The topological polar surface area (TPSA) is 105 Å². The Kier molecular flexibility index (Phi) is 5.08. The van der Waals surface area contributed by atoms with Crippen LogP contribution in [0.3, 0.4) is 0 Å². The Balaban J connectivity index is 2.82. The zero-order chi connectivity index (χ0) is 15.3. The first kappa shape index (κ1) is 15.5. The molecule has 0 radical (unpaired) electrons. The van der Waals surface area contributed by atoms with Gasteiger partial charge in [-0.25, -0.2) is 9.59 Å². The number of benzene rings is 1. The predicted octanol–water partition coefficient (Wildman–Crippen LogP) is 0.916. The summed E-state index contributed by atoms with van der Waals surface area (Å²) >= 11 is 0. The molecule has 0 aromatic heterocycles. The fraction of sp³-hybridized carbons (Fsp3) is 0.308. The van der Waals surface area contributed by atoms with E-state index in [0.717, 1.165) is 0 Å². The summed E-state index contributed by atoms with van der Waals surface area (Å²) in [5.74, 6) is -1.42. The van der Waals surface area contributed by atoms with E-state index in [1.54, 1.807) is 13.0 Å². The second-order valence-electron chi connectivity index (χ2n) is 4.11. The Morgan fingerprint density at radius 2 is 1.95 bits per heavy atom. The number of hydrogen-bond acceptors (Lipinski definition) is 4. The van der Waals surface area contributed by atoms with Gasteiger partial charge in [0.2, 0.25) is 0 Å². The van der Waals surface area contributed by atoms with Crippen LogP contribution in [0.15, 0.2) is 18.2 Å². The summed E-state index contributed by atoms with van der Waals surface area (Å²) in [6, 6.07) is 3.73. The summed E-state index contributed by atoms with van der Waals surface area (Å²) in [6.45, 7) is 3.19. The molecule has 0 heterocycles. The van der Waals surface area contributed by atoms with Crippen molar-refractivity contribution in [2.24, 2.45) is 0 Å². The summed E-state index contributed by atoms with van der Waals surface area (Å²) < 4.78 is 5.39. The summed E-state index contributed by atoms with van der Waals surface area (Å²) in [5, 5.41) is 13.2. The van der Waals surface area contributed by atoms with E-state index < -0.39 is 24.0 Å². The second kappa shape index (κ2) is 6.55. The zero-order valence-electron chi connectivity index (χ0n) is 11.4. The molecule has 1 aromatic carbocycles. The number of aryl methyl sites for hydroxylation is 1. The lowest BCUT2D eigenvalue weighted by molar-refractivity contribution is -0.126. The molecule has 3 N–H and O–H groups in total. The second-order valence-corrected chi connectivity index (χ2v) is 4.11. The number of hydrogen-bond donors (Lipinski definition) is 3. The van der Waals surface area contributed by atoms with Crippen molar-refractivity contribution in [2.45, 2.75) is 20.0 Å². The quantitative estimate of drug-likeness (QED) is 0.760. The Hall–Kier alpha value is -2.57. The minimum Gasteiger partial charge on any atom is -0.481 e. The zero-order valence-corrected chi connectivity index (χ0v) is 11.4. The third-order valence-corrected chi connectivity index (χ3v) is 2.57. The maximum atomic E-state index is 11.6. The normalized spacial score (nSPS) is 11.3. The van der Waals surface area contributed by atoms with Gasteiger partial charge < -0.3 is 15.2 Å². The molecule has 0 spiro atoms. The van der Waals surface area contributed by atoms with Crippen molar-refractivity contribution < 1.29 is 24.2 Å². The maximum absolute atomic E-state index is 11.6. The molecule has 7 nitrogen and oxygen atoms in total. The Bertz CT molecular complexity index is 542. The standard InChI is InChI=1S/C13H16N2O5/c1-7-4-5-9(12(17)18)6-10(7)20-8(2)11(16)15-13(19)14-3/h4-6,8H,1-3H3,(H,17,18)(H2,14,15,16,19). The third-order valence-electron chi connectivity index (χ3n) is 2.57. The van der Waals surface area contributed by atoms with E-state index in [-0.39, 0.29) is 11.3 Å². The van der Waals surface area contributed by atoms with Crippen molar-refractivity contribution in [3.63, 3.8) is 0 Å². The number of urea groups is 1. The molecule has 0 saturated carbocycles. The van der Waals surface area contributed by atoms with Crippen LogP contribution in [0, 0.1) is 6.92 Å². The number of carbonyl (C=O) groups is 3. The lowest BCUT2D eigenvalue weighted by atomic mass is 10.1. The van der Waals surface area contributed by atoms with Crippen LogP contribution in [-0.4, -0.2) is 36.2 Å². The maximum Gasteiger partial charge on any atom is 0.335 e. The van der Waals surface area contributed by atoms with Crippen molar-refractivity contribution in [3.8, 4) is 5.75 Å². The molecule has 20 heavy (non-hydrogen) atoms. The number of carboxylic acid groups (broad SMARTS) is 1. The Labute approximate surface area is 115 Å². The summed E-state index contributed by atoms with van der Waals surface area (Å²) in [4.78, 5) is 33.5. The molecule has 3 amide bonds. The molecule has 0 saturated heterocycles. The number of ether oxygens (including phenoxy) is 1. The summed E-state index contributed by atoms with van der Waals surface area (Å²) in [7, 11) is 1.38. The average molecular weight is 280 g/mol. The number of rotatable bonds is 4. The molecule has 1 aromatic rings. The van der Waals surface area contributed by atoms with Gasteiger partial charge in [-0.3, -0.25) is 10.1 Å². The Morgan fingerprint density at radius 3 is 2.50 bits per heavy atom. The van der Waals surface area contributed by atoms with E-state index in [2.05, 4.69) is 10.6 Å². The van der Waals surface area contributed by atoms with Crippen LogP contribution >= 0.6 is 0 Å². The van der Waals surface area contributed by atoms with Crippen LogP contribution in [0.25, 0.3) is 0 Å². The van der Waals surface area contributed by atoms with E-state index in [0.29, 0.717) is 5.56 Å². The van der Waals surface area contributed by atoms with E-state index >= 15 is 0 Å². The number of imide groups is 1. The largest absolute Gasteiger partial charge is 0.481 e. The molecular formula is C13H16N2O5. The highest BCUT2D eigenvalue weighted by Crippen LogP contribution is 2.21. The van der Waals surface area contributed by atoms with Gasteiger partial charge in [-0.2, -0.15) is 0 Å². The van der Waals surface area contributed by atoms with E-state index in [1.165, 1.54) is 26.1 Å². The van der Waals surface area contributed by atoms with Crippen molar-refractivity contribution in [3.05, 3.63) is 29.3 Å². The monoisotopic (exact) mass is 280 g/mol. The molecule has 108 valence electrons. The van der Waals surface area contributed by atoms with Crippen LogP contribution in [0.5, 0.6) is 5.75 Å². The van der Waals surface area contributed by atoms with Crippen molar-refractivity contribution >= 4 is 17.9 Å². The number of aromatic carboxylic acids is 1. The lowest BCUT2D eigenvalue weighted by Crippen LogP contribution is -2.44. The first-order valence-corrected chi connectivity index (χ1v) is 5.88. The van der Waals surface area contributed by atoms with Gasteiger partial charge in [0.05, 0.1) is 5.56 Å². The molecular weight excluding hydrogens is 264 g/mol. The fourth-order valence-electron chi connectivity index (χ4n) is 1.38. The van der Waals surface area contributed by atoms with Gasteiger partial charge in [0.15, 0.2) is 6.10 Å². The van der Waals surface area contributed by atoms with Crippen LogP contribution in [-0.2, 0) is 4.79 Å². The summed E-state index contributed by atoms with van der Waals surface area (Å²) in [6.07, 6.45) is -0.935. The van der Waals surface area contributed by atoms with Gasteiger partial charge in [-0.05, 0) is 31.5 Å². The number of nitrogens with one attached hydrogen (secondary N) is 2. The van der Waals surface area contributed by atoms with Gasteiger partial charge in [0, 0.05) is 7.05 Å². The Morgan fingerprint density at radius 1 is 1.30 bits per heavy atom. The van der Waals surface area contributed by atoms with Crippen LogP contribution in [0.1, 0.15) is 22.8 Å². The highest BCUT2D eigenvalue weighted by Gasteiger charge is 2.18. The minimum atomic E-state index is -1.09. The summed E-state index contributed by atoms with van der Waals surface area (Å²) in [5.41, 5.74) is 0.749. The number of amides is 3. The molecule has 0 aliphatic carbocycles. The van der Waals surface area contributed by atoms with Crippen LogP contribution in [0.2, 0.25) is 0 Å². The third kappa shape index (κ3) is 3.98. The smallest absolute Gasteiger partial charge is 0.335 e. The van der Waals surface area contributed by atoms with Crippen LogP contribution < -0.4 is 15.4 Å². The molecule has 0 bridgehead atoms. The lowest BCUT2D eigenvalue weighted by Gasteiger charge is -2.16. The van der Waals surface area contributed by atoms with Gasteiger partial charge in [0.25, 0.3) is 5.91 Å². The van der Waals surface area contributed by atoms with Crippen LogP contribution in [0.4, 0.5) is 4.79 Å². The molecule has 0 fully saturated rings.